The Morgan fingerprint density at radius 2 is 2.36 bits per heavy atom. The molecule has 2 rings (SSSR count). The van der Waals surface area contributed by atoms with Crippen molar-refractivity contribution < 1.29 is 4.58 Å². The number of fused-ring (bicyclic) bond motifs is 1. The van der Waals surface area contributed by atoms with E-state index in [1.165, 1.54) is 25.1 Å². The largest absolute Gasteiger partial charge is 0.236 e. The fraction of sp³-hybridized carbons (Fsp3) is 0.500. The minimum atomic E-state index is 0.707. The third kappa shape index (κ3) is 1.15. The van der Waals surface area contributed by atoms with Gasteiger partial charge in [-0.3, -0.25) is 0 Å². The summed E-state index contributed by atoms with van der Waals surface area (Å²) >= 11 is 0. The van der Waals surface area contributed by atoms with E-state index in [9.17, 15) is 0 Å². The molecule has 0 spiro atoms. The molecule has 1 heteroatoms. The first-order valence-corrected chi connectivity index (χ1v) is 4.31. The van der Waals surface area contributed by atoms with Crippen molar-refractivity contribution in [3.8, 4) is 0 Å². The Hall–Kier alpha value is -0.850. The number of nitrogens with zero attached hydrogens (tertiary/aromatic N) is 1. The molecule has 0 aromatic heterocycles. The molecule has 1 heterocycles. The Bertz CT molecular complexity index is 246. The zero-order valence-corrected chi connectivity index (χ0v) is 6.96. The van der Waals surface area contributed by atoms with E-state index in [1.807, 2.05) is 0 Å². The molecule has 0 aromatic rings. The molecule has 0 radical (unpaired) electrons. The molecule has 0 amide bonds. The van der Waals surface area contributed by atoms with Gasteiger partial charge in [0.2, 0.25) is 0 Å². The molecule has 0 unspecified atom stereocenters. The van der Waals surface area contributed by atoms with Crippen LogP contribution in [0, 0.1) is 5.92 Å². The smallest absolute Gasteiger partial charge is 0.182 e. The predicted octanol–water partition coefficient (Wildman–Crippen LogP) is 1.61. The van der Waals surface area contributed by atoms with Crippen molar-refractivity contribution in [2.45, 2.75) is 12.8 Å². The fourth-order valence-corrected chi connectivity index (χ4v) is 1.91. The topological polar surface area (TPSA) is 3.01 Å². The average molecular weight is 148 g/mol. The standard InChI is InChI=1S/C10H14N/c1-11-8-4-6-9-5-2-3-7-10(9)11/h2-3,5,7,9H,4,6,8H2,1H3/q+1/t9-/m0/s1. The van der Waals surface area contributed by atoms with Gasteiger partial charge in [-0.15, -0.1) is 0 Å². The molecule has 0 bridgehead atoms. The summed E-state index contributed by atoms with van der Waals surface area (Å²) in [7, 11) is 2.19. The van der Waals surface area contributed by atoms with E-state index >= 15 is 0 Å². The summed E-state index contributed by atoms with van der Waals surface area (Å²) in [4.78, 5) is 0. The molecule has 0 saturated carbocycles. The molecule has 1 aliphatic carbocycles. The maximum atomic E-state index is 2.37. The van der Waals surface area contributed by atoms with Gasteiger partial charge < -0.3 is 0 Å². The van der Waals surface area contributed by atoms with Crippen molar-refractivity contribution in [2.75, 3.05) is 13.6 Å². The highest BCUT2D eigenvalue weighted by Gasteiger charge is 2.24. The van der Waals surface area contributed by atoms with Crippen LogP contribution in [0.15, 0.2) is 24.3 Å². The first-order valence-electron chi connectivity index (χ1n) is 4.31. The third-order valence-corrected chi connectivity index (χ3v) is 2.55. The van der Waals surface area contributed by atoms with Gasteiger partial charge in [-0.05, 0) is 6.42 Å². The molecule has 2 aliphatic rings. The normalized spacial score (nSPS) is 29.0. The Balaban J connectivity index is 2.36. The number of rotatable bonds is 0. The van der Waals surface area contributed by atoms with E-state index < -0.39 is 0 Å². The lowest BCUT2D eigenvalue weighted by Gasteiger charge is -2.18. The fourth-order valence-electron chi connectivity index (χ4n) is 1.91. The first-order chi connectivity index (χ1) is 5.38. The van der Waals surface area contributed by atoms with Crippen LogP contribution in [-0.4, -0.2) is 23.9 Å². The zero-order chi connectivity index (χ0) is 7.68. The summed E-state index contributed by atoms with van der Waals surface area (Å²) in [6.45, 7) is 1.23. The minimum Gasteiger partial charge on any atom is -0.236 e. The van der Waals surface area contributed by atoms with Crippen LogP contribution in [0.5, 0.6) is 0 Å². The lowest BCUT2D eigenvalue weighted by Crippen LogP contribution is -2.29. The second kappa shape index (κ2) is 2.65. The van der Waals surface area contributed by atoms with Gasteiger partial charge >= 0.3 is 0 Å². The minimum absolute atomic E-state index is 0.707. The van der Waals surface area contributed by atoms with Gasteiger partial charge in [0.05, 0.1) is 5.92 Å². The summed E-state index contributed by atoms with van der Waals surface area (Å²) in [6, 6.07) is 0. The van der Waals surface area contributed by atoms with Crippen molar-refractivity contribution in [3.63, 3.8) is 0 Å². The van der Waals surface area contributed by atoms with Crippen LogP contribution in [0.1, 0.15) is 12.8 Å². The van der Waals surface area contributed by atoms with Crippen LogP contribution in [0.2, 0.25) is 0 Å². The second-order valence-corrected chi connectivity index (χ2v) is 3.34. The highest BCUT2D eigenvalue weighted by Crippen LogP contribution is 2.18. The molecule has 1 nitrogen and oxygen atoms in total. The zero-order valence-electron chi connectivity index (χ0n) is 6.96. The van der Waals surface area contributed by atoms with E-state index in [0.717, 1.165) is 0 Å². The molecule has 0 fully saturated rings. The van der Waals surface area contributed by atoms with Crippen LogP contribution in [0.25, 0.3) is 0 Å². The Morgan fingerprint density at radius 1 is 1.45 bits per heavy atom. The van der Waals surface area contributed by atoms with E-state index in [-0.39, 0.29) is 0 Å². The van der Waals surface area contributed by atoms with E-state index in [1.54, 1.807) is 0 Å². The maximum absolute atomic E-state index is 2.37. The van der Waals surface area contributed by atoms with Gasteiger partial charge in [0.1, 0.15) is 13.6 Å². The van der Waals surface area contributed by atoms with Gasteiger partial charge in [-0.2, -0.15) is 0 Å². The van der Waals surface area contributed by atoms with E-state index in [4.69, 9.17) is 0 Å². The summed E-state index contributed by atoms with van der Waals surface area (Å²) in [5.41, 5.74) is 1.50. The quantitative estimate of drug-likeness (QED) is 0.459. The van der Waals surface area contributed by atoms with Crippen molar-refractivity contribution in [1.82, 2.24) is 0 Å². The summed E-state index contributed by atoms with van der Waals surface area (Å²) in [5, 5.41) is 0. The Kier molecular flexibility index (Phi) is 1.65. The van der Waals surface area contributed by atoms with Crippen molar-refractivity contribution in [1.29, 1.82) is 0 Å². The van der Waals surface area contributed by atoms with Gasteiger partial charge in [-0.1, -0.05) is 18.2 Å². The molecule has 0 N–H and O–H groups in total. The lowest BCUT2D eigenvalue weighted by atomic mass is 9.91. The summed E-state index contributed by atoms with van der Waals surface area (Å²) < 4.78 is 2.37. The third-order valence-electron chi connectivity index (χ3n) is 2.55. The molecular weight excluding hydrogens is 134 g/mol. The van der Waals surface area contributed by atoms with Crippen LogP contribution in [-0.2, 0) is 0 Å². The highest BCUT2D eigenvalue weighted by atomic mass is 15.0. The van der Waals surface area contributed by atoms with Crippen LogP contribution >= 0.6 is 0 Å². The molecule has 1 atom stereocenters. The SMILES string of the molecule is C[N+]1=C2C=CC=C[C@H]2CCC1. The summed E-state index contributed by atoms with van der Waals surface area (Å²) in [5.74, 6) is 0.707. The molecule has 0 saturated heterocycles. The first kappa shape index (κ1) is 6.84. The number of allylic oxidation sites excluding steroid dienone is 4. The number of hydrogen-bond donors (Lipinski definition) is 0. The lowest BCUT2D eigenvalue weighted by molar-refractivity contribution is -0.503. The van der Waals surface area contributed by atoms with Crippen LogP contribution < -0.4 is 0 Å². The van der Waals surface area contributed by atoms with E-state index in [0.29, 0.717) is 5.92 Å². The molecular formula is C10H14N+. The maximum Gasteiger partial charge on any atom is 0.182 e. The Labute approximate surface area is 67.7 Å². The predicted molar refractivity (Wildman–Crippen MR) is 47.1 cm³/mol. The van der Waals surface area contributed by atoms with Crippen molar-refractivity contribution in [2.24, 2.45) is 5.92 Å². The highest BCUT2D eigenvalue weighted by molar-refractivity contribution is 5.95. The van der Waals surface area contributed by atoms with Crippen molar-refractivity contribution in [3.05, 3.63) is 24.3 Å². The monoisotopic (exact) mass is 148 g/mol. The van der Waals surface area contributed by atoms with Gasteiger partial charge in [0.15, 0.2) is 5.71 Å². The molecule has 1 aliphatic heterocycles. The molecule has 0 aromatic carbocycles. The van der Waals surface area contributed by atoms with Gasteiger partial charge in [0, 0.05) is 12.5 Å². The second-order valence-electron chi connectivity index (χ2n) is 3.34. The average Bonchev–Trinajstić information content (AvgIpc) is 2.06. The van der Waals surface area contributed by atoms with Gasteiger partial charge in [0.25, 0.3) is 0 Å². The summed E-state index contributed by atoms with van der Waals surface area (Å²) in [6.07, 6.45) is 11.5. The van der Waals surface area contributed by atoms with Gasteiger partial charge in [-0.25, -0.2) is 4.58 Å². The van der Waals surface area contributed by atoms with E-state index in [2.05, 4.69) is 35.9 Å². The van der Waals surface area contributed by atoms with Crippen LogP contribution in [0.4, 0.5) is 0 Å². The molecule has 58 valence electrons. The van der Waals surface area contributed by atoms with Crippen molar-refractivity contribution >= 4 is 5.71 Å². The van der Waals surface area contributed by atoms with Crippen LogP contribution in [0.3, 0.4) is 0 Å². The molecule has 11 heavy (non-hydrogen) atoms. The number of hydrogen-bond acceptors (Lipinski definition) is 0. The Morgan fingerprint density at radius 3 is 3.18 bits per heavy atom.